The number of carbonyl (C=O) groups is 1. The van der Waals surface area contributed by atoms with Gasteiger partial charge >= 0.3 is 5.97 Å². The fourth-order valence-corrected chi connectivity index (χ4v) is 2.72. The van der Waals surface area contributed by atoms with E-state index in [1.165, 1.54) is 24.3 Å². The number of hydrogen-bond donors (Lipinski definition) is 2. The molecule has 0 aliphatic carbocycles. The average molecular weight is 256 g/mol. The molecular weight excluding hydrogens is 244 g/mol. The van der Waals surface area contributed by atoms with E-state index < -0.39 is 22.0 Å². The van der Waals surface area contributed by atoms with Crippen molar-refractivity contribution < 1.29 is 17.9 Å². The molecule has 0 unspecified atom stereocenters. The Morgan fingerprint density at radius 3 is 2.47 bits per heavy atom. The number of sulfonamides is 1. The van der Waals surface area contributed by atoms with Gasteiger partial charge in [-0.25, -0.2) is 8.42 Å². The Bertz CT molecular complexity index is 524. The van der Waals surface area contributed by atoms with Gasteiger partial charge in [-0.15, -0.1) is 0 Å². The monoisotopic (exact) mass is 256 g/mol. The molecule has 7 heteroatoms. The number of rotatable bonds is 3. The molecule has 0 bridgehead atoms. The van der Waals surface area contributed by atoms with Gasteiger partial charge in [-0.05, 0) is 24.3 Å². The van der Waals surface area contributed by atoms with Crippen LogP contribution in [0.25, 0.3) is 0 Å². The molecule has 1 fully saturated rings. The fourth-order valence-electron chi connectivity index (χ4n) is 1.51. The molecular formula is C10H12N2O4S. The third-order valence-corrected chi connectivity index (χ3v) is 3.91. The van der Waals surface area contributed by atoms with Crippen molar-refractivity contribution in [2.75, 3.05) is 12.3 Å². The molecule has 0 saturated carbocycles. The van der Waals surface area contributed by atoms with Gasteiger partial charge in [-0.2, -0.15) is 4.72 Å². The maximum Gasteiger partial charge on any atom is 0.324 e. The summed E-state index contributed by atoms with van der Waals surface area (Å²) in [5.41, 5.74) is 5.94. The van der Waals surface area contributed by atoms with E-state index in [0.29, 0.717) is 12.1 Å². The lowest BCUT2D eigenvalue weighted by Crippen LogP contribution is -2.37. The SMILES string of the molecule is Nc1ccc(S(=O)(=O)N[C@H]2CCOC2=O)cc1. The zero-order valence-electron chi connectivity index (χ0n) is 8.92. The summed E-state index contributed by atoms with van der Waals surface area (Å²) in [6, 6.07) is 4.96. The molecule has 2 rings (SSSR count). The number of esters is 1. The second-order valence-electron chi connectivity index (χ2n) is 3.70. The number of ether oxygens (including phenoxy) is 1. The molecule has 6 nitrogen and oxygen atoms in total. The van der Waals surface area contributed by atoms with Crippen LogP contribution < -0.4 is 10.5 Å². The third kappa shape index (κ3) is 2.56. The van der Waals surface area contributed by atoms with E-state index in [9.17, 15) is 13.2 Å². The number of carbonyl (C=O) groups excluding carboxylic acids is 1. The number of anilines is 1. The van der Waals surface area contributed by atoms with Crippen LogP contribution in [0.5, 0.6) is 0 Å². The smallest absolute Gasteiger partial charge is 0.324 e. The van der Waals surface area contributed by atoms with Crippen molar-refractivity contribution in [2.24, 2.45) is 0 Å². The lowest BCUT2D eigenvalue weighted by Gasteiger charge is -2.09. The van der Waals surface area contributed by atoms with Gasteiger partial charge < -0.3 is 10.5 Å². The number of cyclic esters (lactones) is 1. The highest BCUT2D eigenvalue weighted by molar-refractivity contribution is 7.89. The summed E-state index contributed by atoms with van der Waals surface area (Å²) in [5.74, 6) is -0.538. The molecule has 92 valence electrons. The van der Waals surface area contributed by atoms with Crippen molar-refractivity contribution in [3.05, 3.63) is 24.3 Å². The minimum Gasteiger partial charge on any atom is -0.464 e. The summed E-state index contributed by atoms with van der Waals surface area (Å²) in [6.07, 6.45) is 0.354. The predicted molar refractivity (Wildman–Crippen MR) is 60.5 cm³/mol. The van der Waals surface area contributed by atoms with Crippen LogP contribution in [0.4, 0.5) is 5.69 Å². The van der Waals surface area contributed by atoms with E-state index in [1.807, 2.05) is 0 Å². The Morgan fingerprint density at radius 2 is 1.94 bits per heavy atom. The van der Waals surface area contributed by atoms with Gasteiger partial charge in [0.05, 0.1) is 11.5 Å². The standard InChI is InChI=1S/C10H12N2O4S/c11-7-1-3-8(4-2-7)17(14,15)12-9-5-6-16-10(9)13/h1-4,9,12H,5-6,11H2/t9-/m0/s1. The first-order valence-corrected chi connectivity index (χ1v) is 6.52. The van der Waals surface area contributed by atoms with Gasteiger partial charge in [0.25, 0.3) is 0 Å². The molecule has 0 spiro atoms. The van der Waals surface area contributed by atoms with Crippen molar-refractivity contribution in [1.82, 2.24) is 4.72 Å². The largest absolute Gasteiger partial charge is 0.464 e. The molecule has 1 aliphatic rings. The molecule has 1 aliphatic heterocycles. The third-order valence-electron chi connectivity index (χ3n) is 2.42. The maximum atomic E-state index is 11.9. The van der Waals surface area contributed by atoms with Crippen LogP contribution in [0.3, 0.4) is 0 Å². The molecule has 0 amide bonds. The summed E-state index contributed by atoms with van der Waals surface area (Å²) >= 11 is 0. The second-order valence-corrected chi connectivity index (χ2v) is 5.41. The Balaban J connectivity index is 2.19. The Morgan fingerprint density at radius 1 is 1.29 bits per heavy atom. The molecule has 1 aromatic rings. The van der Waals surface area contributed by atoms with Crippen molar-refractivity contribution >= 4 is 21.7 Å². The van der Waals surface area contributed by atoms with Crippen molar-refractivity contribution in [3.8, 4) is 0 Å². The number of nitrogens with one attached hydrogen (secondary N) is 1. The molecule has 3 N–H and O–H groups in total. The van der Waals surface area contributed by atoms with E-state index in [2.05, 4.69) is 9.46 Å². The van der Waals surface area contributed by atoms with E-state index in [4.69, 9.17) is 5.73 Å². The zero-order valence-corrected chi connectivity index (χ0v) is 9.74. The van der Waals surface area contributed by atoms with Crippen LogP contribution in [0, 0.1) is 0 Å². The first-order valence-electron chi connectivity index (χ1n) is 5.03. The number of nitrogen functional groups attached to an aromatic ring is 1. The Labute approximate surface area is 98.8 Å². The molecule has 0 radical (unpaired) electrons. The summed E-state index contributed by atoms with van der Waals surface area (Å²) < 4.78 is 30.7. The van der Waals surface area contributed by atoms with E-state index >= 15 is 0 Å². The zero-order chi connectivity index (χ0) is 12.5. The number of benzene rings is 1. The topological polar surface area (TPSA) is 98.5 Å². The summed E-state index contributed by atoms with van der Waals surface area (Å²) in [6.45, 7) is 0.244. The minimum atomic E-state index is -3.70. The second kappa shape index (κ2) is 4.34. The summed E-state index contributed by atoms with van der Waals surface area (Å²) in [7, 11) is -3.70. The van der Waals surface area contributed by atoms with Crippen molar-refractivity contribution in [1.29, 1.82) is 0 Å². The van der Waals surface area contributed by atoms with Gasteiger partial charge in [-0.3, -0.25) is 4.79 Å². The number of nitrogens with two attached hydrogens (primary N) is 1. The quantitative estimate of drug-likeness (QED) is 0.579. The normalized spacial score (nSPS) is 20.2. The van der Waals surface area contributed by atoms with Crippen molar-refractivity contribution in [2.45, 2.75) is 17.4 Å². The number of hydrogen-bond acceptors (Lipinski definition) is 5. The molecule has 1 heterocycles. The van der Waals surface area contributed by atoms with Crippen LogP contribution in [-0.4, -0.2) is 27.0 Å². The fraction of sp³-hybridized carbons (Fsp3) is 0.300. The van der Waals surface area contributed by atoms with Crippen LogP contribution >= 0.6 is 0 Å². The molecule has 0 aromatic heterocycles. The first-order chi connectivity index (χ1) is 7.99. The van der Waals surface area contributed by atoms with Crippen LogP contribution in [0.15, 0.2) is 29.2 Å². The lowest BCUT2D eigenvalue weighted by atomic mass is 10.3. The molecule has 1 aromatic carbocycles. The van der Waals surface area contributed by atoms with Gasteiger partial charge in [0.1, 0.15) is 6.04 Å². The molecule has 1 atom stereocenters. The average Bonchev–Trinajstić information content (AvgIpc) is 2.64. The van der Waals surface area contributed by atoms with Crippen LogP contribution in [-0.2, 0) is 19.6 Å². The van der Waals surface area contributed by atoms with Crippen molar-refractivity contribution in [3.63, 3.8) is 0 Å². The van der Waals surface area contributed by atoms with Crippen LogP contribution in [0.2, 0.25) is 0 Å². The maximum absolute atomic E-state index is 11.9. The van der Waals surface area contributed by atoms with Gasteiger partial charge in [0.15, 0.2) is 0 Å². The summed E-state index contributed by atoms with van der Waals surface area (Å²) in [4.78, 5) is 11.2. The Kier molecular flexibility index (Phi) is 3.03. The van der Waals surface area contributed by atoms with Gasteiger partial charge in [0.2, 0.25) is 10.0 Å². The van der Waals surface area contributed by atoms with Crippen LogP contribution in [0.1, 0.15) is 6.42 Å². The highest BCUT2D eigenvalue weighted by Gasteiger charge is 2.31. The summed E-state index contributed by atoms with van der Waals surface area (Å²) in [5, 5.41) is 0. The predicted octanol–water partition coefficient (Wildman–Crippen LogP) is -0.137. The van der Waals surface area contributed by atoms with E-state index in [0.717, 1.165) is 0 Å². The van der Waals surface area contributed by atoms with E-state index in [1.54, 1.807) is 0 Å². The highest BCUT2D eigenvalue weighted by Crippen LogP contribution is 2.14. The highest BCUT2D eigenvalue weighted by atomic mass is 32.2. The lowest BCUT2D eigenvalue weighted by molar-refractivity contribution is -0.139. The Hall–Kier alpha value is -1.60. The first kappa shape index (κ1) is 11.9. The molecule has 1 saturated heterocycles. The van der Waals surface area contributed by atoms with Gasteiger partial charge in [-0.1, -0.05) is 0 Å². The molecule has 17 heavy (non-hydrogen) atoms. The van der Waals surface area contributed by atoms with E-state index in [-0.39, 0.29) is 11.5 Å². The van der Waals surface area contributed by atoms with Gasteiger partial charge in [0, 0.05) is 12.1 Å². The minimum absolute atomic E-state index is 0.0754.